The van der Waals surface area contributed by atoms with Crippen molar-refractivity contribution in [1.82, 2.24) is 0 Å². The van der Waals surface area contributed by atoms with Crippen LogP contribution in [0.5, 0.6) is 0 Å². The highest BCUT2D eigenvalue weighted by atomic mass is 32.2. The smallest absolute Gasteiger partial charge is 0.219 e. The Morgan fingerprint density at radius 3 is 1.84 bits per heavy atom. The maximum atomic E-state index is 12.7. The molecule has 1 heterocycles. The van der Waals surface area contributed by atoms with Gasteiger partial charge in [0, 0.05) is 17.1 Å². The number of rotatable bonds is 13. The second-order valence-corrected chi connectivity index (χ2v) is 11.7. The normalized spacial score (nSPS) is 25.1. The number of ether oxygens (including phenoxy) is 4. The minimum atomic E-state index is -1.84. The van der Waals surface area contributed by atoms with Gasteiger partial charge in [-0.1, -0.05) is 91.0 Å². The van der Waals surface area contributed by atoms with E-state index in [9.17, 15) is 9.32 Å². The van der Waals surface area contributed by atoms with E-state index in [-0.39, 0.29) is 13.2 Å². The maximum absolute atomic E-state index is 12.7. The summed E-state index contributed by atoms with van der Waals surface area (Å²) in [5.74, 6) is -1.84. The molecule has 4 rings (SSSR count). The second kappa shape index (κ2) is 13.7. The lowest BCUT2D eigenvalue weighted by Gasteiger charge is -2.35. The first-order valence-electron chi connectivity index (χ1n) is 12.2. The molecule has 3 aromatic rings. The Hall–Kier alpha value is -2.04. The molecule has 0 aliphatic carbocycles. The highest BCUT2D eigenvalue weighted by Gasteiger charge is 2.61. The Morgan fingerprint density at radius 1 is 0.865 bits per heavy atom. The average Bonchev–Trinajstić information content (AvgIpc) is 3.18. The Kier molecular flexibility index (Phi) is 10.3. The summed E-state index contributed by atoms with van der Waals surface area (Å²) < 4.78 is 36.9. The third kappa shape index (κ3) is 7.29. The van der Waals surface area contributed by atoms with Gasteiger partial charge in [-0.25, -0.2) is 0 Å². The van der Waals surface area contributed by atoms with E-state index in [4.69, 9.17) is 18.9 Å². The second-order valence-electron chi connectivity index (χ2n) is 8.95. The molecule has 8 heteroatoms. The van der Waals surface area contributed by atoms with Crippen molar-refractivity contribution >= 4 is 22.6 Å². The lowest BCUT2D eigenvalue weighted by Crippen LogP contribution is -2.53. The summed E-state index contributed by atoms with van der Waals surface area (Å²) in [6, 6.07) is 29.4. The van der Waals surface area contributed by atoms with Gasteiger partial charge in [0.25, 0.3) is 0 Å². The standard InChI is InChI=1S/C29H34O6S2/c1-36-28(37(2)31)29(30)27(34-20-24-16-10-5-11-17-24)26(33-19-23-14-8-4-9-15-23)25(35-29)21-32-18-22-12-6-3-7-13-22/h3-17,25-28,30H,18-21H2,1-2H3/t25-,26-,27+,28?,29?,37?/m1/s1. The fourth-order valence-corrected chi connectivity index (χ4v) is 6.75. The minimum Gasteiger partial charge on any atom is -0.374 e. The molecule has 1 fully saturated rings. The quantitative estimate of drug-likeness (QED) is 0.340. The van der Waals surface area contributed by atoms with E-state index < -0.39 is 39.5 Å². The first kappa shape index (κ1) is 28.0. The molecule has 1 aliphatic rings. The summed E-state index contributed by atoms with van der Waals surface area (Å²) >= 11 is 1.29. The molecule has 6 nitrogen and oxygen atoms in total. The van der Waals surface area contributed by atoms with Crippen molar-refractivity contribution in [1.29, 1.82) is 0 Å². The van der Waals surface area contributed by atoms with Crippen LogP contribution in [0.25, 0.3) is 0 Å². The van der Waals surface area contributed by atoms with E-state index in [1.54, 1.807) is 12.5 Å². The van der Waals surface area contributed by atoms with E-state index in [1.165, 1.54) is 11.8 Å². The molecular formula is C29H34O6S2. The predicted octanol–water partition coefficient (Wildman–Crippen LogP) is 4.53. The van der Waals surface area contributed by atoms with Crippen LogP contribution in [-0.2, 0) is 49.6 Å². The van der Waals surface area contributed by atoms with E-state index in [2.05, 4.69) is 0 Å². The molecule has 3 unspecified atom stereocenters. The zero-order valence-corrected chi connectivity index (χ0v) is 22.7. The van der Waals surface area contributed by atoms with Crippen LogP contribution in [0, 0.1) is 0 Å². The maximum Gasteiger partial charge on any atom is 0.219 e. The summed E-state index contributed by atoms with van der Waals surface area (Å²) in [4.78, 5) is 0. The van der Waals surface area contributed by atoms with Crippen LogP contribution >= 0.6 is 11.8 Å². The highest BCUT2D eigenvalue weighted by molar-refractivity contribution is 8.10. The van der Waals surface area contributed by atoms with Crippen molar-refractivity contribution in [3.8, 4) is 0 Å². The molecule has 0 bridgehead atoms. The molecule has 1 aliphatic heterocycles. The van der Waals surface area contributed by atoms with Crippen molar-refractivity contribution in [2.24, 2.45) is 0 Å². The largest absolute Gasteiger partial charge is 0.374 e. The SMILES string of the molecule is CSC(S(C)=O)C1(O)O[C@H](COCc2ccccc2)[C@@H](OCc2ccccc2)[C@@H]1OCc1ccccc1. The fraction of sp³-hybridized carbons (Fsp3) is 0.379. The van der Waals surface area contributed by atoms with Gasteiger partial charge in [0.15, 0.2) is 0 Å². The molecule has 1 N–H and O–H groups in total. The first-order valence-corrected chi connectivity index (χ1v) is 15.1. The number of thioether (sulfide) groups is 1. The van der Waals surface area contributed by atoms with Crippen molar-refractivity contribution in [3.05, 3.63) is 108 Å². The molecule has 0 spiro atoms. The number of hydrogen-bond acceptors (Lipinski definition) is 7. The molecule has 0 aromatic heterocycles. The van der Waals surface area contributed by atoms with E-state index in [1.807, 2.05) is 91.0 Å². The van der Waals surface area contributed by atoms with Crippen LogP contribution in [0.1, 0.15) is 16.7 Å². The minimum absolute atomic E-state index is 0.180. The summed E-state index contributed by atoms with van der Waals surface area (Å²) in [5.41, 5.74) is 2.98. The highest BCUT2D eigenvalue weighted by Crippen LogP contribution is 2.41. The zero-order chi connectivity index (χ0) is 26.1. The van der Waals surface area contributed by atoms with Crippen molar-refractivity contribution in [2.45, 2.75) is 48.5 Å². The summed E-state index contributed by atoms with van der Waals surface area (Å²) in [6.07, 6.45) is 1.21. The predicted molar refractivity (Wildman–Crippen MR) is 147 cm³/mol. The van der Waals surface area contributed by atoms with Crippen LogP contribution in [0.15, 0.2) is 91.0 Å². The Labute approximate surface area is 225 Å². The van der Waals surface area contributed by atoms with Gasteiger partial charge in [-0.05, 0) is 22.9 Å². The number of aliphatic hydroxyl groups is 1. The molecule has 3 aromatic carbocycles. The zero-order valence-electron chi connectivity index (χ0n) is 21.1. The van der Waals surface area contributed by atoms with Gasteiger partial charge in [-0.3, -0.25) is 4.21 Å². The van der Waals surface area contributed by atoms with Crippen molar-refractivity contribution < 1.29 is 28.3 Å². The molecule has 198 valence electrons. The number of hydrogen-bond donors (Lipinski definition) is 1. The monoisotopic (exact) mass is 542 g/mol. The van der Waals surface area contributed by atoms with Crippen LogP contribution < -0.4 is 0 Å². The summed E-state index contributed by atoms with van der Waals surface area (Å²) in [7, 11) is -1.39. The Bertz CT molecular complexity index is 1100. The van der Waals surface area contributed by atoms with Crippen LogP contribution in [-0.4, -0.2) is 57.1 Å². The lowest BCUT2D eigenvalue weighted by atomic mass is 10.1. The van der Waals surface area contributed by atoms with E-state index >= 15 is 0 Å². The van der Waals surface area contributed by atoms with E-state index in [0.29, 0.717) is 13.2 Å². The molecule has 0 radical (unpaired) electrons. The average molecular weight is 543 g/mol. The van der Waals surface area contributed by atoms with Gasteiger partial charge in [-0.15, -0.1) is 11.8 Å². The van der Waals surface area contributed by atoms with Crippen LogP contribution in [0.4, 0.5) is 0 Å². The van der Waals surface area contributed by atoms with E-state index in [0.717, 1.165) is 16.7 Å². The van der Waals surface area contributed by atoms with Gasteiger partial charge >= 0.3 is 0 Å². The van der Waals surface area contributed by atoms with Crippen molar-refractivity contribution in [2.75, 3.05) is 19.1 Å². The van der Waals surface area contributed by atoms with Gasteiger partial charge in [0.1, 0.15) is 22.9 Å². The van der Waals surface area contributed by atoms with Gasteiger partial charge in [0.2, 0.25) is 5.79 Å². The topological polar surface area (TPSA) is 74.2 Å². The third-order valence-corrected chi connectivity index (χ3v) is 9.31. The first-order chi connectivity index (χ1) is 18.0. The van der Waals surface area contributed by atoms with Gasteiger partial charge in [-0.2, -0.15) is 0 Å². The third-order valence-electron chi connectivity index (χ3n) is 6.22. The van der Waals surface area contributed by atoms with Gasteiger partial charge < -0.3 is 24.1 Å². The fourth-order valence-electron chi connectivity index (χ4n) is 4.47. The summed E-state index contributed by atoms with van der Waals surface area (Å²) in [6.45, 7) is 1.13. The molecular weight excluding hydrogens is 508 g/mol. The molecule has 0 saturated carbocycles. The lowest BCUT2D eigenvalue weighted by molar-refractivity contribution is -0.233. The van der Waals surface area contributed by atoms with Crippen LogP contribution in [0.2, 0.25) is 0 Å². The molecule has 6 atom stereocenters. The van der Waals surface area contributed by atoms with Gasteiger partial charge in [0.05, 0.1) is 26.4 Å². The molecule has 1 saturated heterocycles. The molecule has 37 heavy (non-hydrogen) atoms. The molecule has 0 amide bonds. The number of benzene rings is 3. The Morgan fingerprint density at radius 2 is 1.35 bits per heavy atom. The summed E-state index contributed by atoms with van der Waals surface area (Å²) in [5, 5.41) is 11.9. The Balaban J connectivity index is 1.58. The van der Waals surface area contributed by atoms with Crippen molar-refractivity contribution in [3.63, 3.8) is 0 Å². The van der Waals surface area contributed by atoms with Crippen LogP contribution in [0.3, 0.4) is 0 Å².